The lowest BCUT2D eigenvalue weighted by Gasteiger charge is -2.05. The van der Waals surface area contributed by atoms with E-state index in [0.29, 0.717) is 5.75 Å². The molecule has 1 rings (SSSR count). The Bertz CT molecular complexity index is 367. The van der Waals surface area contributed by atoms with Crippen molar-refractivity contribution in [3.63, 3.8) is 0 Å². The Morgan fingerprint density at radius 2 is 2.29 bits per heavy atom. The highest BCUT2D eigenvalue weighted by atomic mass is 35.5. The Morgan fingerprint density at radius 1 is 1.64 bits per heavy atom. The number of rotatable bonds is 3. The standard InChI is InChI=1S/C8H8ClNO4/c1-14-5-2-7(9)6(4-11)8(3-5)10(12)13/h2-3,11H,4H2,1H3. The second-order valence-corrected chi connectivity index (χ2v) is 2.93. The van der Waals surface area contributed by atoms with Crippen LogP contribution in [0.2, 0.25) is 5.02 Å². The predicted molar refractivity (Wildman–Crippen MR) is 50.6 cm³/mol. The van der Waals surface area contributed by atoms with Crippen LogP contribution in [0, 0.1) is 10.1 Å². The SMILES string of the molecule is COc1cc(Cl)c(CO)c([N+](=O)[O-])c1. The third kappa shape index (κ3) is 1.94. The van der Waals surface area contributed by atoms with E-state index in [-0.39, 0.29) is 16.3 Å². The first-order valence-electron chi connectivity index (χ1n) is 3.71. The lowest BCUT2D eigenvalue weighted by Crippen LogP contribution is -1.97. The molecule has 1 aromatic carbocycles. The predicted octanol–water partition coefficient (Wildman–Crippen LogP) is 1.75. The summed E-state index contributed by atoms with van der Waals surface area (Å²) in [5.74, 6) is 0.291. The lowest BCUT2D eigenvalue weighted by atomic mass is 10.2. The topological polar surface area (TPSA) is 72.6 Å². The third-order valence-corrected chi connectivity index (χ3v) is 2.07. The fourth-order valence-corrected chi connectivity index (χ4v) is 1.30. The van der Waals surface area contributed by atoms with Crippen molar-refractivity contribution < 1.29 is 14.8 Å². The minimum absolute atomic E-state index is 0.0949. The van der Waals surface area contributed by atoms with Crippen LogP contribution in [0.3, 0.4) is 0 Å². The zero-order valence-electron chi connectivity index (χ0n) is 7.36. The zero-order valence-corrected chi connectivity index (χ0v) is 8.11. The second-order valence-electron chi connectivity index (χ2n) is 2.52. The number of benzene rings is 1. The molecule has 0 heterocycles. The minimum atomic E-state index is -0.611. The quantitative estimate of drug-likeness (QED) is 0.618. The number of hydrogen-bond donors (Lipinski definition) is 1. The van der Waals surface area contributed by atoms with Gasteiger partial charge in [0.15, 0.2) is 0 Å². The molecule has 0 saturated carbocycles. The summed E-state index contributed by atoms with van der Waals surface area (Å²) in [6.07, 6.45) is 0. The molecular formula is C8H8ClNO4. The first-order chi connectivity index (χ1) is 6.60. The van der Waals surface area contributed by atoms with Gasteiger partial charge in [0.2, 0.25) is 0 Å². The molecular weight excluding hydrogens is 210 g/mol. The first kappa shape index (κ1) is 10.7. The molecule has 0 bridgehead atoms. The minimum Gasteiger partial charge on any atom is -0.496 e. The van der Waals surface area contributed by atoms with E-state index in [0.717, 1.165) is 0 Å². The Kier molecular flexibility index (Phi) is 3.27. The molecule has 1 N–H and O–H groups in total. The number of hydrogen-bond acceptors (Lipinski definition) is 4. The Hall–Kier alpha value is -1.33. The normalized spacial score (nSPS) is 9.93. The fourth-order valence-electron chi connectivity index (χ4n) is 1.04. The molecule has 76 valence electrons. The monoisotopic (exact) mass is 217 g/mol. The fraction of sp³-hybridized carbons (Fsp3) is 0.250. The van der Waals surface area contributed by atoms with Gasteiger partial charge in [-0.2, -0.15) is 0 Å². The lowest BCUT2D eigenvalue weighted by molar-refractivity contribution is -0.385. The largest absolute Gasteiger partial charge is 0.496 e. The number of nitro benzene ring substituents is 1. The summed E-state index contributed by atoms with van der Waals surface area (Å²) < 4.78 is 4.81. The highest BCUT2D eigenvalue weighted by Crippen LogP contribution is 2.31. The van der Waals surface area contributed by atoms with Gasteiger partial charge in [0.05, 0.1) is 35.3 Å². The van der Waals surface area contributed by atoms with E-state index in [1.54, 1.807) is 0 Å². The summed E-state index contributed by atoms with van der Waals surface area (Å²) in [6.45, 7) is -0.473. The molecule has 14 heavy (non-hydrogen) atoms. The molecule has 5 nitrogen and oxygen atoms in total. The zero-order chi connectivity index (χ0) is 10.7. The number of ether oxygens (including phenoxy) is 1. The van der Waals surface area contributed by atoms with Crippen LogP contribution in [0.5, 0.6) is 5.75 Å². The highest BCUT2D eigenvalue weighted by molar-refractivity contribution is 6.31. The van der Waals surface area contributed by atoms with Gasteiger partial charge in [-0.3, -0.25) is 10.1 Å². The van der Waals surface area contributed by atoms with E-state index in [2.05, 4.69) is 0 Å². The number of halogens is 1. The highest BCUT2D eigenvalue weighted by Gasteiger charge is 2.18. The summed E-state index contributed by atoms with van der Waals surface area (Å²) in [4.78, 5) is 9.97. The van der Waals surface area contributed by atoms with Crippen molar-refractivity contribution in [1.82, 2.24) is 0 Å². The summed E-state index contributed by atoms with van der Waals surface area (Å²) in [5, 5.41) is 19.6. The van der Waals surface area contributed by atoms with E-state index >= 15 is 0 Å². The third-order valence-electron chi connectivity index (χ3n) is 1.74. The van der Waals surface area contributed by atoms with Gasteiger partial charge in [-0.15, -0.1) is 0 Å². The molecule has 0 saturated heterocycles. The van der Waals surface area contributed by atoms with Crippen LogP contribution >= 0.6 is 11.6 Å². The number of nitro groups is 1. The van der Waals surface area contributed by atoms with Crippen LogP contribution in [0.4, 0.5) is 5.69 Å². The van der Waals surface area contributed by atoms with Crippen molar-refractivity contribution in [3.05, 3.63) is 32.8 Å². The van der Waals surface area contributed by atoms with Gasteiger partial charge in [-0.1, -0.05) is 11.6 Å². The molecule has 0 fully saturated rings. The second kappa shape index (κ2) is 4.26. The molecule has 0 aliphatic heterocycles. The van der Waals surface area contributed by atoms with Crippen LogP contribution in [-0.4, -0.2) is 17.1 Å². The average Bonchev–Trinajstić information content (AvgIpc) is 2.16. The average molecular weight is 218 g/mol. The molecule has 0 spiro atoms. The molecule has 0 aromatic heterocycles. The van der Waals surface area contributed by atoms with Gasteiger partial charge >= 0.3 is 0 Å². The van der Waals surface area contributed by atoms with E-state index in [4.69, 9.17) is 21.4 Å². The van der Waals surface area contributed by atoms with Crippen molar-refractivity contribution in [2.24, 2.45) is 0 Å². The Labute approximate surface area is 85.0 Å². The summed E-state index contributed by atoms with van der Waals surface area (Å²) in [5.41, 5.74) is -0.144. The Balaban J connectivity index is 3.35. The number of aliphatic hydroxyl groups is 1. The van der Waals surface area contributed by atoms with Crippen LogP contribution in [-0.2, 0) is 6.61 Å². The Morgan fingerprint density at radius 3 is 2.71 bits per heavy atom. The van der Waals surface area contributed by atoms with Crippen LogP contribution in [0.1, 0.15) is 5.56 Å². The van der Waals surface area contributed by atoms with Crippen molar-refractivity contribution in [3.8, 4) is 5.75 Å². The van der Waals surface area contributed by atoms with Crippen molar-refractivity contribution in [2.45, 2.75) is 6.61 Å². The maximum absolute atomic E-state index is 10.6. The maximum Gasteiger partial charge on any atom is 0.280 e. The summed E-state index contributed by atoms with van der Waals surface area (Å²) in [6, 6.07) is 2.64. The van der Waals surface area contributed by atoms with Gasteiger partial charge in [-0.05, 0) is 6.07 Å². The number of nitrogens with zero attached hydrogens (tertiary/aromatic N) is 1. The van der Waals surface area contributed by atoms with Crippen LogP contribution in [0.25, 0.3) is 0 Å². The number of methoxy groups -OCH3 is 1. The van der Waals surface area contributed by atoms with Gasteiger partial charge in [0.1, 0.15) is 5.75 Å². The van der Waals surface area contributed by atoms with E-state index in [1.807, 2.05) is 0 Å². The summed E-state index contributed by atoms with van der Waals surface area (Å²) in [7, 11) is 1.38. The van der Waals surface area contributed by atoms with Crippen LogP contribution < -0.4 is 4.74 Å². The van der Waals surface area contributed by atoms with Crippen LogP contribution in [0.15, 0.2) is 12.1 Å². The molecule has 6 heteroatoms. The van der Waals surface area contributed by atoms with E-state index < -0.39 is 11.5 Å². The molecule has 0 radical (unpaired) electrons. The van der Waals surface area contributed by atoms with Gasteiger partial charge in [0, 0.05) is 0 Å². The number of aliphatic hydroxyl groups excluding tert-OH is 1. The molecule has 1 aromatic rings. The molecule has 0 aliphatic carbocycles. The van der Waals surface area contributed by atoms with E-state index in [9.17, 15) is 10.1 Å². The van der Waals surface area contributed by atoms with Gasteiger partial charge < -0.3 is 9.84 Å². The van der Waals surface area contributed by atoms with Gasteiger partial charge in [-0.25, -0.2) is 0 Å². The molecule has 0 aliphatic rings. The first-order valence-corrected chi connectivity index (χ1v) is 4.09. The van der Waals surface area contributed by atoms with Gasteiger partial charge in [0.25, 0.3) is 5.69 Å². The van der Waals surface area contributed by atoms with Crippen molar-refractivity contribution in [1.29, 1.82) is 0 Å². The van der Waals surface area contributed by atoms with Crippen molar-refractivity contribution >= 4 is 17.3 Å². The molecule has 0 amide bonds. The smallest absolute Gasteiger partial charge is 0.280 e. The maximum atomic E-state index is 10.6. The van der Waals surface area contributed by atoms with Crippen molar-refractivity contribution in [2.75, 3.05) is 7.11 Å². The molecule has 0 unspecified atom stereocenters. The van der Waals surface area contributed by atoms with E-state index in [1.165, 1.54) is 19.2 Å². The molecule has 0 atom stereocenters. The summed E-state index contributed by atoms with van der Waals surface area (Å²) >= 11 is 5.71.